The Hall–Kier alpha value is -3.23. The number of amides is 3. The first-order chi connectivity index (χ1) is 16.2. The first kappa shape index (κ1) is 23.9. The predicted molar refractivity (Wildman–Crippen MR) is 122 cm³/mol. The molecule has 4 rings (SSSR count). The third-order valence-electron chi connectivity index (χ3n) is 6.79. The minimum atomic E-state index is -4.75. The van der Waals surface area contributed by atoms with E-state index < -0.39 is 11.8 Å². The van der Waals surface area contributed by atoms with Gasteiger partial charge in [-0.2, -0.15) is 0 Å². The van der Waals surface area contributed by atoms with E-state index in [9.17, 15) is 22.8 Å². The van der Waals surface area contributed by atoms with Gasteiger partial charge in [0, 0.05) is 38.9 Å². The molecule has 0 radical (unpaired) electrons. The number of likely N-dealkylation sites (N-methyl/N-ethyl adjacent to an activating group) is 1. The number of rotatable bonds is 5. The van der Waals surface area contributed by atoms with Crippen molar-refractivity contribution in [3.8, 4) is 5.75 Å². The Bertz CT molecular complexity index is 1000. The third-order valence-corrected chi connectivity index (χ3v) is 6.79. The van der Waals surface area contributed by atoms with E-state index in [-0.39, 0.29) is 17.7 Å². The summed E-state index contributed by atoms with van der Waals surface area (Å²) in [7, 11) is 1.80. The van der Waals surface area contributed by atoms with Crippen molar-refractivity contribution in [2.45, 2.75) is 32.0 Å². The Morgan fingerprint density at radius 1 is 1.00 bits per heavy atom. The molecule has 182 valence electrons. The van der Waals surface area contributed by atoms with Crippen LogP contribution in [0.2, 0.25) is 0 Å². The van der Waals surface area contributed by atoms with E-state index >= 15 is 0 Å². The Labute approximate surface area is 196 Å². The van der Waals surface area contributed by atoms with Crippen LogP contribution in [0.5, 0.6) is 5.75 Å². The van der Waals surface area contributed by atoms with Gasteiger partial charge in [0.05, 0.1) is 5.41 Å². The van der Waals surface area contributed by atoms with Gasteiger partial charge in [-0.15, -0.1) is 13.2 Å². The summed E-state index contributed by atoms with van der Waals surface area (Å²) >= 11 is 0. The van der Waals surface area contributed by atoms with Gasteiger partial charge in [0.1, 0.15) is 5.75 Å². The highest BCUT2D eigenvalue weighted by Crippen LogP contribution is 2.43. The third kappa shape index (κ3) is 5.29. The van der Waals surface area contributed by atoms with Crippen molar-refractivity contribution in [3.05, 3.63) is 60.2 Å². The van der Waals surface area contributed by atoms with Gasteiger partial charge in [-0.1, -0.05) is 30.3 Å². The lowest BCUT2D eigenvalue weighted by Gasteiger charge is -2.39. The maximum atomic E-state index is 13.3. The summed E-state index contributed by atoms with van der Waals surface area (Å²) in [4.78, 5) is 31.3. The molecule has 2 heterocycles. The second-order valence-corrected chi connectivity index (χ2v) is 8.96. The van der Waals surface area contributed by atoms with Gasteiger partial charge in [-0.3, -0.25) is 4.79 Å². The fraction of sp³-hybridized carbons (Fsp3) is 0.440. The van der Waals surface area contributed by atoms with Crippen LogP contribution in [-0.2, 0) is 11.2 Å². The number of carbonyl (C=O) groups excluding carboxylic acids is 2. The molecule has 6 nitrogen and oxygen atoms in total. The SMILES string of the molecule is CN(CCc1ccccc1)C(=O)N1CCC2(CC1)CCN(c1ccc(OC(F)(F)F)cc1)C2=O. The lowest BCUT2D eigenvalue weighted by molar-refractivity contribution is -0.274. The van der Waals surface area contributed by atoms with Gasteiger partial charge in [0.15, 0.2) is 0 Å². The van der Waals surface area contributed by atoms with Crippen molar-refractivity contribution in [1.82, 2.24) is 9.80 Å². The van der Waals surface area contributed by atoms with Crippen LogP contribution in [0.4, 0.5) is 23.7 Å². The highest BCUT2D eigenvalue weighted by molar-refractivity contribution is 6.00. The lowest BCUT2D eigenvalue weighted by Crippen LogP contribution is -2.50. The van der Waals surface area contributed by atoms with Gasteiger partial charge in [-0.05, 0) is 55.5 Å². The standard InChI is InChI=1S/C25H28F3N3O3/c1-29(15-11-19-5-3-2-4-6-19)23(33)30-16-12-24(13-17-30)14-18-31(22(24)32)20-7-9-21(10-8-20)34-25(26,27)28/h2-10H,11-18H2,1H3. The van der Waals surface area contributed by atoms with Gasteiger partial charge >= 0.3 is 12.4 Å². The molecule has 2 aromatic carbocycles. The van der Waals surface area contributed by atoms with E-state index in [2.05, 4.69) is 4.74 Å². The Morgan fingerprint density at radius 2 is 1.62 bits per heavy atom. The molecule has 3 amide bonds. The van der Waals surface area contributed by atoms with E-state index in [0.717, 1.165) is 6.42 Å². The minimum absolute atomic E-state index is 0.0264. The summed E-state index contributed by atoms with van der Waals surface area (Å²) < 4.78 is 41.1. The fourth-order valence-electron chi connectivity index (χ4n) is 4.76. The average Bonchev–Trinajstić information content (AvgIpc) is 3.13. The molecule has 0 N–H and O–H groups in total. The molecule has 0 atom stereocenters. The number of halogens is 3. The van der Waals surface area contributed by atoms with Crippen LogP contribution in [0, 0.1) is 5.41 Å². The fourth-order valence-corrected chi connectivity index (χ4v) is 4.76. The zero-order valence-corrected chi connectivity index (χ0v) is 19.1. The summed E-state index contributed by atoms with van der Waals surface area (Å²) in [5, 5.41) is 0. The maximum absolute atomic E-state index is 13.3. The van der Waals surface area contributed by atoms with Crippen molar-refractivity contribution < 1.29 is 27.5 Å². The molecule has 9 heteroatoms. The van der Waals surface area contributed by atoms with Gasteiger partial charge in [-0.25, -0.2) is 4.79 Å². The Balaban J connectivity index is 1.31. The molecule has 0 saturated carbocycles. The zero-order chi connectivity index (χ0) is 24.3. The smallest absolute Gasteiger partial charge is 0.406 e. The lowest BCUT2D eigenvalue weighted by atomic mass is 9.77. The number of ether oxygens (including phenoxy) is 1. The number of nitrogens with zero attached hydrogens (tertiary/aromatic N) is 3. The molecule has 2 aliphatic heterocycles. The van der Waals surface area contributed by atoms with E-state index in [1.807, 2.05) is 30.3 Å². The summed E-state index contributed by atoms with van der Waals surface area (Å²) in [6, 6.07) is 15.3. The maximum Gasteiger partial charge on any atom is 0.573 e. The number of hydrogen-bond donors (Lipinski definition) is 0. The first-order valence-electron chi connectivity index (χ1n) is 11.4. The second kappa shape index (κ2) is 9.56. The number of benzene rings is 2. The molecule has 2 aromatic rings. The molecular formula is C25H28F3N3O3. The van der Waals surface area contributed by atoms with Crippen LogP contribution in [0.25, 0.3) is 0 Å². The topological polar surface area (TPSA) is 53.1 Å². The highest BCUT2D eigenvalue weighted by Gasteiger charge is 2.49. The molecule has 34 heavy (non-hydrogen) atoms. The van der Waals surface area contributed by atoms with Gasteiger partial charge in [0.25, 0.3) is 0 Å². The molecule has 2 saturated heterocycles. The quantitative estimate of drug-likeness (QED) is 0.630. The van der Waals surface area contributed by atoms with Crippen molar-refractivity contribution >= 4 is 17.6 Å². The first-order valence-corrected chi connectivity index (χ1v) is 11.4. The van der Waals surface area contributed by atoms with Gasteiger partial charge < -0.3 is 19.4 Å². The molecule has 0 unspecified atom stereocenters. The molecule has 0 aromatic heterocycles. The number of anilines is 1. The van der Waals surface area contributed by atoms with Crippen LogP contribution in [0.15, 0.2) is 54.6 Å². The molecule has 2 aliphatic rings. The van der Waals surface area contributed by atoms with Crippen LogP contribution in [0.3, 0.4) is 0 Å². The van der Waals surface area contributed by atoms with Crippen molar-refractivity contribution in [3.63, 3.8) is 0 Å². The van der Waals surface area contributed by atoms with E-state index in [1.54, 1.807) is 21.7 Å². The van der Waals surface area contributed by atoms with E-state index in [1.165, 1.54) is 29.8 Å². The molecule has 1 spiro atoms. The molecule has 0 aliphatic carbocycles. The molecule has 2 fully saturated rings. The number of carbonyl (C=O) groups is 2. The van der Waals surface area contributed by atoms with E-state index in [4.69, 9.17) is 0 Å². The Morgan fingerprint density at radius 3 is 2.24 bits per heavy atom. The monoisotopic (exact) mass is 475 g/mol. The van der Waals surface area contributed by atoms with Crippen molar-refractivity contribution in [2.75, 3.05) is 38.1 Å². The molecule has 0 bridgehead atoms. The number of hydrogen-bond acceptors (Lipinski definition) is 3. The second-order valence-electron chi connectivity index (χ2n) is 8.96. The van der Waals surface area contributed by atoms with Crippen LogP contribution in [-0.4, -0.2) is 61.3 Å². The number of piperidine rings is 1. The highest BCUT2D eigenvalue weighted by atomic mass is 19.4. The summed E-state index contributed by atoms with van der Waals surface area (Å²) in [6.45, 7) is 2.13. The predicted octanol–water partition coefficient (Wildman–Crippen LogP) is 4.70. The van der Waals surface area contributed by atoms with E-state index in [0.29, 0.717) is 51.1 Å². The summed E-state index contributed by atoms with van der Waals surface area (Å²) in [5.74, 6) is -0.345. The minimum Gasteiger partial charge on any atom is -0.406 e. The number of alkyl halides is 3. The summed E-state index contributed by atoms with van der Waals surface area (Å²) in [5.41, 5.74) is 1.20. The summed E-state index contributed by atoms with van der Waals surface area (Å²) in [6.07, 6.45) is -2.15. The van der Waals surface area contributed by atoms with Crippen LogP contribution >= 0.6 is 0 Å². The zero-order valence-electron chi connectivity index (χ0n) is 19.1. The largest absolute Gasteiger partial charge is 0.573 e. The van der Waals surface area contributed by atoms with Crippen LogP contribution in [0.1, 0.15) is 24.8 Å². The van der Waals surface area contributed by atoms with Gasteiger partial charge in [0.2, 0.25) is 5.91 Å². The van der Waals surface area contributed by atoms with Crippen molar-refractivity contribution in [2.24, 2.45) is 5.41 Å². The normalized spacial score (nSPS) is 17.8. The average molecular weight is 476 g/mol. The Kier molecular flexibility index (Phi) is 6.72. The number of urea groups is 1. The number of likely N-dealkylation sites (tertiary alicyclic amines) is 1. The van der Waals surface area contributed by atoms with Crippen LogP contribution < -0.4 is 9.64 Å². The van der Waals surface area contributed by atoms with Crippen molar-refractivity contribution in [1.29, 1.82) is 0 Å². The molecular weight excluding hydrogens is 447 g/mol.